The fourth-order valence-electron chi connectivity index (χ4n) is 2.65. The molecule has 0 aromatic carbocycles. The zero-order chi connectivity index (χ0) is 16.0. The predicted octanol–water partition coefficient (Wildman–Crippen LogP) is 2.41. The first-order valence-electron chi connectivity index (χ1n) is 8.55. The molecule has 23 heavy (non-hydrogen) atoms. The Hall–Kier alpha value is 0.270. The molecule has 0 amide bonds. The maximum Gasteiger partial charge on any atom is 0.191 e. The van der Waals surface area contributed by atoms with E-state index < -0.39 is 0 Å². The number of piperidine rings is 1. The summed E-state index contributed by atoms with van der Waals surface area (Å²) in [6.07, 6.45) is 6.82. The van der Waals surface area contributed by atoms with Crippen molar-refractivity contribution in [1.82, 2.24) is 15.5 Å². The van der Waals surface area contributed by atoms with Gasteiger partial charge in [-0.25, -0.2) is 0 Å². The summed E-state index contributed by atoms with van der Waals surface area (Å²) in [6, 6.07) is 0.553. The number of hydrogen-bond acceptors (Lipinski definition) is 4. The number of methoxy groups -OCH3 is 1. The van der Waals surface area contributed by atoms with Gasteiger partial charge in [-0.05, 0) is 44.6 Å². The van der Waals surface area contributed by atoms with Gasteiger partial charge in [0.25, 0.3) is 0 Å². The van der Waals surface area contributed by atoms with Gasteiger partial charge in [0, 0.05) is 52.5 Å². The van der Waals surface area contributed by atoms with Crippen molar-refractivity contribution in [1.29, 1.82) is 0 Å². The summed E-state index contributed by atoms with van der Waals surface area (Å²) in [5.41, 5.74) is 0. The summed E-state index contributed by atoms with van der Waals surface area (Å²) in [5, 5.41) is 6.96. The van der Waals surface area contributed by atoms with Crippen LogP contribution in [0, 0.1) is 0 Å². The van der Waals surface area contributed by atoms with Gasteiger partial charge >= 0.3 is 0 Å². The molecule has 138 valence electrons. The Morgan fingerprint density at radius 2 is 2.04 bits per heavy atom. The van der Waals surface area contributed by atoms with Crippen molar-refractivity contribution in [3.63, 3.8) is 0 Å². The lowest BCUT2D eigenvalue weighted by Crippen LogP contribution is -2.48. The Labute approximate surface area is 163 Å². The summed E-state index contributed by atoms with van der Waals surface area (Å²) in [7, 11) is 1.77. The Morgan fingerprint density at radius 3 is 2.65 bits per heavy atom. The van der Waals surface area contributed by atoms with E-state index in [0.29, 0.717) is 6.04 Å². The molecule has 1 aliphatic heterocycles. The van der Waals surface area contributed by atoms with Crippen molar-refractivity contribution in [3.8, 4) is 0 Å². The molecule has 0 radical (unpaired) electrons. The number of nitrogens with one attached hydrogen (secondary N) is 2. The molecule has 1 saturated heterocycles. The molecule has 0 bridgehead atoms. The Morgan fingerprint density at radius 1 is 1.30 bits per heavy atom. The topological polar surface area (TPSA) is 48.9 Å². The summed E-state index contributed by atoms with van der Waals surface area (Å²) in [5.74, 6) is 2.17. The van der Waals surface area contributed by atoms with Gasteiger partial charge in [0.05, 0.1) is 0 Å². The van der Waals surface area contributed by atoms with Crippen LogP contribution in [0.4, 0.5) is 0 Å². The van der Waals surface area contributed by atoms with Gasteiger partial charge in [0.15, 0.2) is 5.96 Å². The minimum Gasteiger partial charge on any atom is -0.385 e. The number of thioether (sulfide) groups is 1. The molecular weight excluding hydrogens is 423 g/mol. The third-order valence-electron chi connectivity index (χ3n) is 3.87. The standard InChI is InChI=1S/C16H34N4OS.HI/c1-4-17-16(18-9-5-14-22-3)19-15-7-11-20(12-8-15)10-6-13-21-2;/h15H,4-14H2,1-3H3,(H2,17,18,19);1H. The van der Waals surface area contributed by atoms with Crippen molar-refractivity contribution in [2.75, 3.05) is 58.4 Å². The van der Waals surface area contributed by atoms with Gasteiger partial charge < -0.3 is 20.3 Å². The van der Waals surface area contributed by atoms with E-state index in [2.05, 4.69) is 33.7 Å². The molecule has 0 aromatic rings. The second-order valence-electron chi connectivity index (χ2n) is 5.71. The molecule has 2 N–H and O–H groups in total. The average Bonchev–Trinajstić information content (AvgIpc) is 2.53. The molecule has 5 nitrogen and oxygen atoms in total. The molecule has 1 heterocycles. The lowest BCUT2D eigenvalue weighted by Gasteiger charge is -2.33. The molecular formula is C16H35IN4OS. The van der Waals surface area contributed by atoms with Gasteiger partial charge in [-0.15, -0.1) is 24.0 Å². The van der Waals surface area contributed by atoms with E-state index in [1.807, 2.05) is 11.8 Å². The maximum atomic E-state index is 5.12. The first-order valence-corrected chi connectivity index (χ1v) is 9.94. The molecule has 7 heteroatoms. The van der Waals surface area contributed by atoms with Gasteiger partial charge in [-0.3, -0.25) is 4.99 Å². The van der Waals surface area contributed by atoms with E-state index in [4.69, 9.17) is 4.74 Å². The zero-order valence-electron chi connectivity index (χ0n) is 15.0. The fraction of sp³-hybridized carbons (Fsp3) is 0.938. The quantitative estimate of drug-likeness (QED) is 0.228. The first kappa shape index (κ1) is 23.3. The van der Waals surface area contributed by atoms with E-state index in [9.17, 15) is 0 Å². The van der Waals surface area contributed by atoms with Crippen LogP contribution in [0.2, 0.25) is 0 Å². The SMILES string of the molecule is CCNC(=NCCCSC)NC1CCN(CCCOC)CC1.I. The number of hydrogen-bond donors (Lipinski definition) is 2. The van der Waals surface area contributed by atoms with E-state index in [1.165, 1.54) is 31.7 Å². The monoisotopic (exact) mass is 458 g/mol. The first-order chi connectivity index (χ1) is 10.8. The van der Waals surface area contributed by atoms with Crippen molar-refractivity contribution in [2.45, 2.75) is 38.6 Å². The largest absolute Gasteiger partial charge is 0.385 e. The second-order valence-corrected chi connectivity index (χ2v) is 6.70. The Bertz CT molecular complexity index is 300. The lowest BCUT2D eigenvalue weighted by molar-refractivity contribution is 0.155. The highest BCUT2D eigenvalue weighted by Crippen LogP contribution is 2.10. The van der Waals surface area contributed by atoms with Crippen LogP contribution >= 0.6 is 35.7 Å². The maximum absolute atomic E-state index is 5.12. The van der Waals surface area contributed by atoms with Crippen molar-refractivity contribution < 1.29 is 4.74 Å². The molecule has 0 aliphatic carbocycles. The Kier molecular flexibility index (Phi) is 16.0. The Balaban J connectivity index is 0.00000484. The third kappa shape index (κ3) is 11.4. The highest BCUT2D eigenvalue weighted by Gasteiger charge is 2.19. The normalized spacial score (nSPS) is 16.9. The molecule has 0 spiro atoms. The minimum absolute atomic E-state index is 0. The number of halogens is 1. The van der Waals surface area contributed by atoms with E-state index in [-0.39, 0.29) is 24.0 Å². The number of ether oxygens (including phenoxy) is 1. The van der Waals surface area contributed by atoms with Crippen molar-refractivity contribution in [2.24, 2.45) is 4.99 Å². The zero-order valence-corrected chi connectivity index (χ0v) is 18.1. The molecule has 0 atom stereocenters. The summed E-state index contributed by atoms with van der Waals surface area (Å²) >= 11 is 1.89. The number of nitrogens with zero attached hydrogens (tertiary/aromatic N) is 2. The van der Waals surface area contributed by atoms with Crippen LogP contribution in [0.3, 0.4) is 0 Å². The highest BCUT2D eigenvalue weighted by molar-refractivity contribution is 14.0. The highest BCUT2D eigenvalue weighted by atomic mass is 127. The summed E-state index contributed by atoms with van der Waals surface area (Å²) < 4.78 is 5.12. The van der Waals surface area contributed by atoms with Crippen molar-refractivity contribution >= 4 is 41.7 Å². The van der Waals surface area contributed by atoms with E-state index in [1.54, 1.807) is 7.11 Å². The number of guanidine groups is 1. The second kappa shape index (κ2) is 15.8. The van der Waals surface area contributed by atoms with Crippen LogP contribution in [0.1, 0.15) is 32.6 Å². The molecule has 0 unspecified atom stereocenters. The number of aliphatic imine (C=N–C) groups is 1. The van der Waals surface area contributed by atoms with E-state index in [0.717, 1.165) is 45.0 Å². The van der Waals surface area contributed by atoms with Gasteiger partial charge in [0.2, 0.25) is 0 Å². The average molecular weight is 458 g/mol. The van der Waals surface area contributed by atoms with Crippen LogP contribution in [-0.4, -0.2) is 75.4 Å². The van der Waals surface area contributed by atoms with Crippen LogP contribution < -0.4 is 10.6 Å². The molecule has 1 fully saturated rings. The molecule has 0 aromatic heterocycles. The summed E-state index contributed by atoms with van der Waals surface area (Å²) in [4.78, 5) is 7.22. The van der Waals surface area contributed by atoms with Crippen LogP contribution in [0.25, 0.3) is 0 Å². The van der Waals surface area contributed by atoms with E-state index >= 15 is 0 Å². The fourth-order valence-corrected chi connectivity index (χ4v) is 3.06. The predicted molar refractivity (Wildman–Crippen MR) is 113 cm³/mol. The van der Waals surface area contributed by atoms with Crippen LogP contribution in [-0.2, 0) is 4.74 Å². The van der Waals surface area contributed by atoms with Crippen molar-refractivity contribution in [3.05, 3.63) is 0 Å². The lowest BCUT2D eigenvalue weighted by atomic mass is 10.1. The third-order valence-corrected chi connectivity index (χ3v) is 4.57. The van der Waals surface area contributed by atoms with Gasteiger partial charge in [-0.1, -0.05) is 0 Å². The van der Waals surface area contributed by atoms with Crippen LogP contribution in [0.15, 0.2) is 4.99 Å². The molecule has 0 saturated carbocycles. The molecule has 1 aliphatic rings. The van der Waals surface area contributed by atoms with Gasteiger partial charge in [0.1, 0.15) is 0 Å². The van der Waals surface area contributed by atoms with Gasteiger partial charge in [-0.2, -0.15) is 11.8 Å². The number of likely N-dealkylation sites (tertiary alicyclic amines) is 1. The smallest absolute Gasteiger partial charge is 0.191 e. The molecule has 1 rings (SSSR count). The summed E-state index contributed by atoms with van der Waals surface area (Å²) in [6.45, 7) is 8.32. The van der Waals surface area contributed by atoms with Crippen LogP contribution in [0.5, 0.6) is 0 Å². The number of rotatable bonds is 10. The minimum atomic E-state index is 0.